The summed E-state index contributed by atoms with van der Waals surface area (Å²) in [4.78, 5) is 16.0. The minimum Gasteiger partial charge on any atom is -0.369 e. The molecule has 0 unspecified atom stereocenters. The number of aromatic nitrogens is 3. The van der Waals surface area contributed by atoms with Gasteiger partial charge in [-0.15, -0.1) is 5.10 Å². The van der Waals surface area contributed by atoms with E-state index in [0.717, 1.165) is 0 Å². The number of nitrogens with zero attached hydrogens (tertiary/aromatic N) is 3. The lowest BCUT2D eigenvalue weighted by Crippen LogP contribution is -2.14. The highest BCUT2D eigenvalue weighted by Crippen LogP contribution is 2.20. The molecule has 2 rings (SSSR count). The molecule has 2 heterocycles. The first-order valence-electron chi connectivity index (χ1n) is 5.69. The Bertz CT molecular complexity index is 576. The van der Waals surface area contributed by atoms with Crippen LogP contribution in [0.4, 0.5) is 11.6 Å². The Morgan fingerprint density at radius 3 is 2.95 bits per heavy atom. The van der Waals surface area contributed by atoms with Gasteiger partial charge in [0.1, 0.15) is 5.82 Å². The van der Waals surface area contributed by atoms with E-state index in [2.05, 4.69) is 25.8 Å². The van der Waals surface area contributed by atoms with E-state index in [-0.39, 0.29) is 5.91 Å². The van der Waals surface area contributed by atoms with Gasteiger partial charge in [-0.1, -0.05) is 11.6 Å². The summed E-state index contributed by atoms with van der Waals surface area (Å²) in [5, 5.41) is 13.4. The first-order valence-corrected chi connectivity index (χ1v) is 6.07. The van der Waals surface area contributed by atoms with Gasteiger partial charge in [0.25, 0.3) is 5.91 Å². The van der Waals surface area contributed by atoms with E-state index in [9.17, 15) is 4.79 Å². The van der Waals surface area contributed by atoms with Crippen molar-refractivity contribution < 1.29 is 4.79 Å². The summed E-state index contributed by atoms with van der Waals surface area (Å²) >= 11 is 6.02. The molecule has 0 aliphatic rings. The molecular weight excluding hydrogens is 266 g/mol. The highest BCUT2D eigenvalue weighted by Gasteiger charge is 2.10. The fourth-order valence-electron chi connectivity index (χ4n) is 1.42. The maximum Gasteiger partial charge on any atom is 0.258 e. The Hall–Kier alpha value is -2.21. The van der Waals surface area contributed by atoms with Crippen LogP contribution < -0.4 is 10.6 Å². The van der Waals surface area contributed by atoms with Gasteiger partial charge in [0.15, 0.2) is 5.82 Å². The molecule has 0 aromatic carbocycles. The molecule has 7 heteroatoms. The van der Waals surface area contributed by atoms with Crippen LogP contribution in [0.1, 0.15) is 17.3 Å². The zero-order valence-electron chi connectivity index (χ0n) is 10.2. The average Bonchev–Trinajstić information content (AvgIpc) is 2.42. The minimum atomic E-state index is -0.335. The second-order valence-electron chi connectivity index (χ2n) is 3.65. The van der Waals surface area contributed by atoms with E-state index in [1.54, 1.807) is 18.2 Å². The Morgan fingerprint density at radius 2 is 2.32 bits per heavy atom. The van der Waals surface area contributed by atoms with Crippen molar-refractivity contribution in [2.45, 2.75) is 6.92 Å². The molecule has 0 aliphatic carbocycles. The maximum atomic E-state index is 11.9. The first-order chi connectivity index (χ1) is 9.20. The van der Waals surface area contributed by atoms with Crippen LogP contribution >= 0.6 is 11.6 Å². The molecule has 2 aromatic rings. The molecule has 98 valence electrons. The van der Waals surface area contributed by atoms with Crippen LogP contribution in [-0.4, -0.2) is 27.6 Å². The van der Waals surface area contributed by atoms with Crippen molar-refractivity contribution in [2.75, 3.05) is 17.2 Å². The summed E-state index contributed by atoms with van der Waals surface area (Å²) in [5.41, 5.74) is 0.359. The third-order valence-electron chi connectivity index (χ3n) is 2.26. The Labute approximate surface area is 115 Å². The van der Waals surface area contributed by atoms with E-state index in [1.165, 1.54) is 12.4 Å². The molecule has 0 bridgehead atoms. The van der Waals surface area contributed by atoms with E-state index in [4.69, 9.17) is 11.6 Å². The monoisotopic (exact) mass is 277 g/mol. The van der Waals surface area contributed by atoms with Gasteiger partial charge in [-0.05, 0) is 25.1 Å². The van der Waals surface area contributed by atoms with Gasteiger partial charge in [-0.25, -0.2) is 4.98 Å². The molecule has 2 N–H and O–H groups in total. The van der Waals surface area contributed by atoms with Crippen molar-refractivity contribution in [1.82, 2.24) is 15.2 Å². The molecule has 6 nitrogen and oxygen atoms in total. The van der Waals surface area contributed by atoms with Gasteiger partial charge < -0.3 is 10.6 Å². The number of nitrogens with one attached hydrogen (secondary N) is 2. The number of amides is 1. The van der Waals surface area contributed by atoms with Crippen molar-refractivity contribution in [3.63, 3.8) is 0 Å². The molecule has 0 saturated carbocycles. The number of halogens is 1. The molecule has 0 spiro atoms. The van der Waals surface area contributed by atoms with E-state index in [1.807, 2.05) is 6.92 Å². The number of hydrogen-bond donors (Lipinski definition) is 2. The Balaban J connectivity index is 2.14. The number of pyridine rings is 1. The third kappa shape index (κ3) is 3.38. The number of hydrogen-bond acceptors (Lipinski definition) is 5. The van der Waals surface area contributed by atoms with Gasteiger partial charge in [0.05, 0.1) is 10.6 Å². The fraction of sp³-hybridized carbons (Fsp3) is 0.167. The molecule has 0 fully saturated rings. The van der Waals surface area contributed by atoms with Crippen molar-refractivity contribution >= 4 is 29.1 Å². The smallest absolute Gasteiger partial charge is 0.258 e. The van der Waals surface area contributed by atoms with E-state index < -0.39 is 0 Å². The van der Waals surface area contributed by atoms with Gasteiger partial charge >= 0.3 is 0 Å². The molecule has 2 aromatic heterocycles. The van der Waals surface area contributed by atoms with Crippen LogP contribution in [0.3, 0.4) is 0 Å². The first kappa shape index (κ1) is 13.2. The molecule has 0 radical (unpaired) electrons. The second-order valence-corrected chi connectivity index (χ2v) is 4.05. The minimum absolute atomic E-state index is 0.335. The van der Waals surface area contributed by atoms with Crippen LogP contribution in [0, 0.1) is 0 Å². The largest absolute Gasteiger partial charge is 0.369 e. The van der Waals surface area contributed by atoms with Crippen LogP contribution in [0.15, 0.2) is 30.6 Å². The van der Waals surface area contributed by atoms with Crippen LogP contribution in [0.5, 0.6) is 0 Å². The number of anilines is 2. The summed E-state index contributed by atoms with van der Waals surface area (Å²) in [6.07, 6.45) is 2.98. The lowest BCUT2D eigenvalue weighted by molar-refractivity contribution is 0.102. The maximum absolute atomic E-state index is 11.9. The normalized spacial score (nSPS) is 10.0. The van der Waals surface area contributed by atoms with Gasteiger partial charge in [-0.2, -0.15) is 5.10 Å². The third-order valence-corrected chi connectivity index (χ3v) is 2.55. The Morgan fingerprint density at radius 1 is 1.47 bits per heavy atom. The number of rotatable bonds is 4. The Kier molecular flexibility index (Phi) is 4.25. The van der Waals surface area contributed by atoms with Gasteiger partial charge in [0.2, 0.25) is 0 Å². The lowest BCUT2D eigenvalue weighted by atomic mass is 10.2. The average molecular weight is 278 g/mol. The molecule has 0 atom stereocenters. The highest BCUT2D eigenvalue weighted by atomic mass is 35.5. The highest BCUT2D eigenvalue weighted by molar-refractivity contribution is 6.33. The summed E-state index contributed by atoms with van der Waals surface area (Å²) in [6, 6.07) is 4.88. The lowest BCUT2D eigenvalue weighted by Gasteiger charge is -2.07. The van der Waals surface area contributed by atoms with Crippen molar-refractivity contribution in [3.8, 4) is 0 Å². The SMILES string of the molecule is CCNc1ncc(C(=O)Nc2cccnn2)cc1Cl. The molecular formula is C12H12ClN5O. The number of carbonyl (C=O) groups excluding carboxylic acids is 1. The molecule has 1 amide bonds. The van der Waals surface area contributed by atoms with E-state index in [0.29, 0.717) is 28.8 Å². The summed E-state index contributed by atoms with van der Waals surface area (Å²) in [7, 11) is 0. The summed E-state index contributed by atoms with van der Waals surface area (Å²) in [6.45, 7) is 2.64. The second kappa shape index (κ2) is 6.10. The van der Waals surface area contributed by atoms with Gasteiger partial charge in [0, 0.05) is 18.9 Å². The quantitative estimate of drug-likeness (QED) is 0.896. The van der Waals surface area contributed by atoms with Crippen molar-refractivity contribution in [2.24, 2.45) is 0 Å². The predicted molar refractivity (Wildman–Crippen MR) is 73.4 cm³/mol. The predicted octanol–water partition coefficient (Wildman–Crippen LogP) is 2.21. The summed E-state index contributed by atoms with van der Waals surface area (Å²) < 4.78 is 0. The van der Waals surface area contributed by atoms with Crippen LogP contribution in [0.25, 0.3) is 0 Å². The zero-order chi connectivity index (χ0) is 13.7. The van der Waals surface area contributed by atoms with E-state index >= 15 is 0 Å². The fourth-order valence-corrected chi connectivity index (χ4v) is 1.65. The van der Waals surface area contributed by atoms with Crippen LogP contribution in [0.2, 0.25) is 5.02 Å². The zero-order valence-corrected chi connectivity index (χ0v) is 11.0. The standard InChI is InChI=1S/C12H12ClN5O/c1-2-14-11-9(13)6-8(7-15-11)12(19)17-10-4-3-5-16-18-10/h3-7H,2H2,1H3,(H,14,15)(H,17,18,19). The molecule has 0 aliphatic heterocycles. The van der Waals surface area contributed by atoms with Crippen molar-refractivity contribution in [3.05, 3.63) is 41.2 Å². The molecule has 0 saturated heterocycles. The number of carbonyl (C=O) groups is 1. The molecule has 19 heavy (non-hydrogen) atoms. The van der Waals surface area contributed by atoms with Crippen molar-refractivity contribution in [1.29, 1.82) is 0 Å². The van der Waals surface area contributed by atoms with Gasteiger partial charge in [-0.3, -0.25) is 4.79 Å². The topological polar surface area (TPSA) is 79.8 Å². The summed E-state index contributed by atoms with van der Waals surface area (Å²) in [5.74, 6) is 0.595. The van der Waals surface area contributed by atoms with Crippen LogP contribution in [-0.2, 0) is 0 Å².